The SMILES string of the molecule is COC(=O)C[C@H](NC(=O)CCOCCOCCOCCOCCOCCOCCN)C(=O)NCCOCCOCCOCCOCCOCCOCCC(=O)NCCCC[C@H](NC(=O)OCC1c2ccccc2-c2ccccc21)C(=O)O. The molecule has 2 atom stereocenters. The number of aliphatic carboxylic acids is 1. The first kappa shape index (κ1) is 70.8. The van der Waals surface area contributed by atoms with Crippen molar-refractivity contribution in [2.24, 2.45) is 5.73 Å². The van der Waals surface area contributed by atoms with Crippen molar-refractivity contribution in [3.8, 4) is 11.1 Å². The second-order valence-corrected chi connectivity index (χ2v) is 18.0. The number of unbranched alkanes of at least 4 members (excludes halogenated alkanes) is 1. The molecule has 0 spiro atoms. The lowest BCUT2D eigenvalue weighted by Crippen LogP contribution is -2.48. The molecule has 1 aliphatic carbocycles. The minimum atomic E-state index is -1.16. The van der Waals surface area contributed by atoms with Crippen LogP contribution in [0.5, 0.6) is 0 Å². The highest BCUT2D eigenvalue weighted by Gasteiger charge is 2.30. The van der Waals surface area contributed by atoms with Crippen LogP contribution >= 0.6 is 0 Å². The molecule has 0 heterocycles. The molecule has 0 bridgehead atoms. The van der Waals surface area contributed by atoms with E-state index in [1.807, 2.05) is 48.5 Å². The van der Waals surface area contributed by atoms with Crippen LogP contribution in [0.1, 0.15) is 55.6 Å². The highest BCUT2D eigenvalue weighted by atomic mass is 16.6. The molecule has 26 heteroatoms. The number of ether oxygens (including phenoxy) is 14. The highest BCUT2D eigenvalue weighted by molar-refractivity contribution is 5.91. The normalized spacial score (nSPS) is 12.5. The zero-order valence-electron chi connectivity index (χ0n) is 47.6. The molecule has 3 rings (SSSR count). The summed E-state index contributed by atoms with van der Waals surface area (Å²) in [6.07, 6.45) is 0.173. The first-order valence-corrected chi connectivity index (χ1v) is 28.0. The lowest BCUT2D eigenvalue weighted by molar-refractivity contribution is -0.143. The molecule has 0 aliphatic heterocycles. The minimum absolute atomic E-state index is 0.0311. The molecule has 0 saturated carbocycles. The van der Waals surface area contributed by atoms with Crippen molar-refractivity contribution >= 4 is 35.8 Å². The Morgan fingerprint density at radius 1 is 0.488 bits per heavy atom. The van der Waals surface area contributed by atoms with Gasteiger partial charge in [0.15, 0.2) is 0 Å². The second-order valence-electron chi connectivity index (χ2n) is 18.0. The van der Waals surface area contributed by atoms with Gasteiger partial charge in [-0.3, -0.25) is 19.2 Å². The molecule has 1 aliphatic rings. The molecule has 4 amide bonds. The van der Waals surface area contributed by atoms with Crippen LogP contribution in [-0.4, -0.2) is 245 Å². The van der Waals surface area contributed by atoms with Crippen LogP contribution in [0, 0.1) is 0 Å². The number of rotatable bonds is 54. The summed E-state index contributed by atoms with van der Waals surface area (Å²) in [5.41, 5.74) is 9.66. The summed E-state index contributed by atoms with van der Waals surface area (Å²) in [5.74, 6) is -3.17. The number of amides is 4. The average molecular weight is 1170 g/mol. The number of hydrogen-bond donors (Lipinski definition) is 6. The van der Waals surface area contributed by atoms with Crippen LogP contribution in [-0.2, 0) is 90.3 Å². The standard InChI is InChI=1S/C56H89N5O21/c1-69-53(64)42-50(60-52(63)14-19-71-23-27-75-31-35-79-38-40-80-36-32-76-28-24-72-20-15-57)54(65)59-17-21-73-25-29-77-33-37-81-41-39-78-34-30-74-26-22-70-18-13-51(62)58-16-7-6-12-49(55(66)67)61-56(68)82-43-48-46-10-4-2-8-44(46)45-9-3-5-11-47(45)48/h2-5,8-11,48-50H,6-7,12-43,57H2,1H3,(H,58,62)(H,59,65)(H,60,63)(H,61,68)(H,66,67)/t49-,50-/m0/s1. The van der Waals surface area contributed by atoms with Crippen molar-refractivity contribution < 1.29 is 100 Å². The van der Waals surface area contributed by atoms with Crippen molar-refractivity contribution in [2.75, 3.05) is 192 Å². The monoisotopic (exact) mass is 1170 g/mol. The highest BCUT2D eigenvalue weighted by Crippen LogP contribution is 2.44. The van der Waals surface area contributed by atoms with Gasteiger partial charge in [0, 0.05) is 38.4 Å². The van der Waals surface area contributed by atoms with Crippen molar-refractivity contribution in [3.05, 3.63) is 59.7 Å². The quantitative estimate of drug-likeness (QED) is 0.0402. The number of carbonyl (C=O) groups excluding carboxylic acids is 5. The number of carboxylic acids is 1. The Bertz CT molecular complexity index is 2000. The number of hydrogen-bond acceptors (Lipinski definition) is 21. The molecule has 0 fully saturated rings. The maximum Gasteiger partial charge on any atom is 0.407 e. The number of methoxy groups -OCH3 is 1. The summed E-state index contributed by atoms with van der Waals surface area (Å²) >= 11 is 0. The number of esters is 1. The van der Waals surface area contributed by atoms with Gasteiger partial charge in [-0.2, -0.15) is 0 Å². The Labute approximate surface area is 480 Å². The van der Waals surface area contributed by atoms with E-state index in [0.717, 1.165) is 22.3 Å². The molecule has 26 nitrogen and oxygen atoms in total. The van der Waals surface area contributed by atoms with Gasteiger partial charge in [-0.25, -0.2) is 9.59 Å². The fraction of sp³-hybridized carbons (Fsp3) is 0.679. The van der Waals surface area contributed by atoms with Gasteiger partial charge >= 0.3 is 18.0 Å². The summed E-state index contributed by atoms with van der Waals surface area (Å²) in [6.45, 7) is 9.60. The topological polar surface area (TPSA) is 326 Å². The maximum atomic E-state index is 12.8. The van der Waals surface area contributed by atoms with E-state index in [-0.39, 0.29) is 83.7 Å². The number of fused-ring (bicyclic) bond motifs is 3. The molecule has 7 N–H and O–H groups in total. The van der Waals surface area contributed by atoms with Crippen LogP contribution in [0.2, 0.25) is 0 Å². The first-order chi connectivity index (χ1) is 40.1. The maximum absolute atomic E-state index is 12.8. The Kier molecular flexibility index (Phi) is 41.4. The van der Waals surface area contributed by atoms with E-state index in [9.17, 15) is 33.9 Å². The largest absolute Gasteiger partial charge is 0.480 e. The average Bonchev–Trinajstić information content (AvgIpc) is 3.38. The lowest BCUT2D eigenvalue weighted by Gasteiger charge is -2.17. The molecule has 0 saturated heterocycles. The first-order valence-electron chi connectivity index (χ1n) is 28.0. The van der Waals surface area contributed by atoms with Gasteiger partial charge in [-0.1, -0.05) is 48.5 Å². The Morgan fingerprint density at radius 2 is 0.902 bits per heavy atom. The van der Waals surface area contributed by atoms with Crippen LogP contribution in [0.25, 0.3) is 11.1 Å². The molecule has 0 unspecified atom stereocenters. The minimum Gasteiger partial charge on any atom is -0.480 e. The fourth-order valence-corrected chi connectivity index (χ4v) is 7.74. The summed E-state index contributed by atoms with van der Waals surface area (Å²) in [7, 11) is 1.19. The van der Waals surface area contributed by atoms with Crippen molar-refractivity contribution in [2.45, 2.75) is 56.5 Å². The molecular weight excluding hydrogens is 1080 g/mol. The number of carboxylic acid groups (broad SMARTS) is 1. The molecule has 2 aromatic rings. The number of nitrogens with one attached hydrogen (secondary N) is 4. The van der Waals surface area contributed by atoms with E-state index >= 15 is 0 Å². The molecule has 0 radical (unpaired) electrons. The Hall–Kier alpha value is -5.46. The molecular formula is C56H89N5O21. The van der Waals surface area contributed by atoms with Crippen LogP contribution in [0.15, 0.2) is 48.5 Å². The Balaban J connectivity index is 1.03. The van der Waals surface area contributed by atoms with Crippen LogP contribution < -0.4 is 27.0 Å². The van der Waals surface area contributed by atoms with E-state index < -0.39 is 41.9 Å². The third-order valence-electron chi connectivity index (χ3n) is 11.9. The summed E-state index contributed by atoms with van der Waals surface area (Å²) in [6, 6.07) is 13.7. The molecule has 2 aromatic carbocycles. The zero-order chi connectivity index (χ0) is 58.9. The van der Waals surface area contributed by atoms with Gasteiger partial charge in [-0.05, 0) is 41.5 Å². The Morgan fingerprint density at radius 3 is 1.34 bits per heavy atom. The predicted molar refractivity (Wildman–Crippen MR) is 296 cm³/mol. The zero-order valence-corrected chi connectivity index (χ0v) is 47.6. The van der Waals surface area contributed by atoms with Crippen molar-refractivity contribution in [3.63, 3.8) is 0 Å². The van der Waals surface area contributed by atoms with E-state index in [0.29, 0.717) is 151 Å². The number of carbonyl (C=O) groups is 6. The van der Waals surface area contributed by atoms with Crippen LogP contribution in [0.4, 0.5) is 4.79 Å². The molecule has 0 aromatic heterocycles. The van der Waals surface area contributed by atoms with Gasteiger partial charge in [0.25, 0.3) is 0 Å². The van der Waals surface area contributed by atoms with Gasteiger partial charge in [-0.15, -0.1) is 0 Å². The van der Waals surface area contributed by atoms with Crippen LogP contribution in [0.3, 0.4) is 0 Å². The molecule has 464 valence electrons. The number of benzene rings is 2. The smallest absolute Gasteiger partial charge is 0.407 e. The van der Waals surface area contributed by atoms with Gasteiger partial charge in [0.2, 0.25) is 17.7 Å². The van der Waals surface area contributed by atoms with Gasteiger partial charge in [0.1, 0.15) is 18.7 Å². The summed E-state index contributed by atoms with van der Waals surface area (Å²) < 4.78 is 75.5. The second kappa shape index (κ2) is 48.0. The van der Waals surface area contributed by atoms with E-state index in [2.05, 4.69) is 26.0 Å². The van der Waals surface area contributed by atoms with E-state index in [1.165, 1.54) is 7.11 Å². The van der Waals surface area contributed by atoms with E-state index in [4.69, 9.17) is 67.3 Å². The summed E-state index contributed by atoms with van der Waals surface area (Å²) in [5, 5.41) is 20.1. The van der Waals surface area contributed by atoms with Gasteiger partial charge < -0.3 is 98.4 Å². The van der Waals surface area contributed by atoms with Crippen molar-refractivity contribution in [1.82, 2.24) is 21.3 Å². The third kappa shape index (κ3) is 34.2. The lowest BCUT2D eigenvalue weighted by atomic mass is 9.98. The molecule has 82 heavy (non-hydrogen) atoms. The predicted octanol–water partition coefficient (Wildman–Crippen LogP) is 1.37. The van der Waals surface area contributed by atoms with Crippen molar-refractivity contribution in [1.29, 1.82) is 0 Å². The van der Waals surface area contributed by atoms with E-state index in [1.54, 1.807) is 0 Å². The summed E-state index contributed by atoms with van der Waals surface area (Å²) in [4.78, 5) is 73.9. The number of alkyl carbamates (subject to hydrolysis) is 1. The number of nitrogens with two attached hydrogens (primary N) is 1. The third-order valence-corrected chi connectivity index (χ3v) is 11.9. The fourth-order valence-electron chi connectivity index (χ4n) is 7.74. The van der Waals surface area contributed by atoms with Gasteiger partial charge in [0.05, 0.1) is 172 Å².